The highest BCUT2D eigenvalue weighted by Gasteiger charge is 2.04. The number of amides is 1. The monoisotopic (exact) mass is 243 g/mol. The second-order valence-corrected chi connectivity index (χ2v) is 4.56. The van der Waals surface area contributed by atoms with Crippen LogP contribution in [0.25, 0.3) is 10.8 Å². The molecule has 2 aromatic carbocycles. The van der Waals surface area contributed by atoms with E-state index >= 15 is 0 Å². The Morgan fingerprint density at radius 2 is 1.89 bits per heavy atom. The van der Waals surface area contributed by atoms with E-state index in [-0.39, 0.29) is 12.1 Å². The quantitative estimate of drug-likeness (QED) is 0.896. The minimum atomic E-state index is -0.377. The molecule has 3 nitrogen and oxygen atoms in total. The van der Waals surface area contributed by atoms with Gasteiger partial charge in [-0.25, -0.2) is 4.79 Å². The topological polar surface area (TPSA) is 38.3 Å². The van der Waals surface area contributed by atoms with Crippen LogP contribution < -0.4 is 5.32 Å². The first-order valence-corrected chi connectivity index (χ1v) is 6.06. The predicted octanol–water partition coefficient (Wildman–Crippen LogP) is 3.47. The first-order chi connectivity index (χ1) is 8.65. The van der Waals surface area contributed by atoms with Crippen LogP contribution in [0.15, 0.2) is 42.5 Å². The van der Waals surface area contributed by atoms with E-state index in [1.807, 2.05) is 50.2 Å². The van der Waals surface area contributed by atoms with Crippen molar-refractivity contribution in [1.82, 2.24) is 5.32 Å². The molecule has 0 unspecified atom stereocenters. The van der Waals surface area contributed by atoms with Crippen molar-refractivity contribution < 1.29 is 9.53 Å². The lowest BCUT2D eigenvalue weighted by atomic mass is 10.1. The molecule has 1 amide bonds. The predicted molar refractivity (Wildman–Crippen MR) is 72.4 cm³/mol. The molecule has 18 heavy (non-hydrogen) atoms. The van der Waals surface area contributed by atoms with Crippen molar-refractivity contribution in [1.29, 1.82) is 0 Å². The molecular formula is C15H17NO2. The molecule has 0 saturated heterocycles. The Balaban J connectivity index is 2.01. The average Bonchev–Trinajstić information content (AvgIpc) is 2.35. The van der Waals surface area contributed by atoms with Crippen LogP contribution in [-0.4, -0.2) is 12.1 Å². The van der Waals surface area contributed by atoms with Gasteiger partial charge in [-0.2, -0.15) is 0 Å². The van der Waals surface area contributed by atoms with Crippen molar-refractivity contribution in [3.05, 3.63) is 48.0 Å². The molecule has 0 aliphatic rings. The first-order valence-electron chi connectivity index (χ1n) is 6.06. The molecule has 0 radical (unpaired) electrons. The molecule has 2 rings (SSSR count). The van der Waals surface area contributed by atoms with Crippen LogP contribution in [0.5, 0.6) is 0 Å². The van der Waals surface area contributed by atoms with Gasteiger partial charge in [-0.05, 0) is 36.2 Å². The molecule has 0 fully saturated rings. The minimum absolute atomic E-state index is 0.0918. The lowest BCUT2D eigenvalue weighted by molar-refractivity contribution is 0.137. The number of carbonyl (C=O) groups excluding carboxylic acids is 1. The van der Waals surface area contributed by atoms with Crippen LogP contribution in [0.2, 0.25) is 0 Å². The van der Waals surface area contributed by atoms with Crippen LogP contribution in [0.4, 0.5) is 4.79 Å². The largest absolute Gasteiger partial charge is 0.445 e. The minimum Gasteiger partial charge on any atom is -0.445 e. The number of carbonyl (C=O) groups is 1. The standard InChI is InChI=1S/C15H17NO2/c1-11(2)16-15(17)18-10-12-7-8-13-5-3-4-6-14(13)9-12/h3-9,11H,10H2,1-2H3,(H,16,17). The van der Waals surface area contributed by atoms with Gasteiger partial charge in [0.2, 0.25) is 0 Å². The van der Waals surface area contributed by atoms with Gasteiger partial charge in [-0.15, -0.1) is 0 Å². The van der Waals surface area contributed by atoms with Crippen molar-refractivity contribution in [2.75, 3.05) is 0 Å². The molecule has 0 bridgehead atoms. The third-order valence-electron chi connectivity index (χ3n) is 2.59. The van der Waals surface area contributed by atoms with Crippen molar-refractivity contribution >= 4 is 16.9 Å². The molecule has 0 aliphatic carbocycles. The number of ether oxygens (including phenoxy) is 1. The molecule has 1 N–H and O–H groups in total. The fourth-order valence-corrected chi connectivity index (χ4v) is 1.75. The molecule has 0 spiro atoms. The van der Waals surface area contributed by atoms with Gasteiger partial charge in [-0.1, -0.05) is 36.4 Å². The van der Waals surface area contributed by atoms with E-state index in [0.717, 1.165) is 10.9 Å². The number of hydrogen-bond donors (Lipinski definition) is 1. The highest BCUT2D eigenvalue weighted by molar-refractivity contribution is 5.83. The SMILES string of the molecule is CC(C)NC(=O)OCc1ccc2ccccc2c1. The van der Waals surface area contributed by atoms with E-state index in [0.29, 0.717) is 6.61 Å². The molecule has 0 aromatic heterocycles. The summed E-state index contributed by atoms with van der Waals surface area (Å²) in [4.78, 5) is 11.4. The normalized spacial score (nSPS) is 10.6. The maximum absolute atomic E-state index is 11.4. The van der Waals surface area contributed by atoms with Gasteiger partial charge in [0.25, 0.3) is 0 Å². The van der Waals surface area contributed by atoms with Crippen LogP contribution in [-0.2, 0) is 11.3 Å². The van der Waals surface area contributed by atoms with Gasteiger partial charge in [-0.3, -0.25) is 0 Å². The van der Waals surface area contributed by atoms with E-state index in [1.54, 1.807) is 0 Å². The molecule has 3 heteroatoms. The van der Waals surface area contributed by atoms with Crippen molar-refractivity contribution in [3.63, 3.8) is 0 Å². The van der Waals surface area contributed by atoms with Gasteiger partial charge in [0.1, 0.15) is 6.61 Å². The summed E-state index contributed by atoms with van der Waals surface area (Å²) in [5, 5.41) is 5.03. The highest BCUT2D eigenvalue weighted by Crippen LogP contribution is 2.16. The van der Waals surface area contributed by atoms with E-state index in [2.05, 4.69) is 11.4 Å². The molecule has 0 saturated carbocycles. The van der Waals surface area contributed by atoms with Crippen molar-refractivity contribution in [2.24, 2.45) is 0 Å². The van der Waals surface area contributed by atoms with Gasteiger partial charge < -0.3 is 10.1 Å². The Hall–Kier alpha value is -2.03. The van der Waals surface area contributed by atoms with Gasteiger partial charge in [0, 0.05) is 6.04 Å². The Morgan fingerprint density at radius 3 is 2.61 bits per heavy atom. The third-order valence-corrected chi connectivity index (χ3v) is 2.59. The lowest BCUT2D eigenvalue weighted by Gasteiger charge is -2.09. The lowest BCUT2D eigenvalue weighted by Crippen LogP contribution is -2.30. The highest BCUT2D eigenvalue weighted by atomic mass is 16.5. The van der Waals surface area contributed by atoms with E-state index in [4.69, 9.17) is 4.74 Å². The Bertz CT molecular complexity index is 549. The van der Waals surface area contributed by atoms with Crippen molar-refractivity contribution in [2.45, 2.75) is 26.5 Å². The third kappa shape index (κ3) is 3.23. The van der Waals surface area contributed by atoms with Gasteiger partial charge in [0.05, 0.1) is 0 Å². The summed E-state index contributed by atoms with van der Waals surface area (Å²) in [6, 6.07) is 14.3. The maximum atomic E-state index is 11.4. The smallest absolute Gasteiger partial charge is 0.407 e. The summed E-state index contributed by atoms with van der Waals surface area (Å²) < 4.78 is 5.14. The zero-order valence-electron chi connectivity index (χ0n) is 10.6. The summed E-state index contributed by atoms with van der Waals surface area (Å²) in [5.74, 6) is 0. The zero-order valence-corrected chi connectivity index (χ0v) is 10.6. The fourth-order valence-electron chi connectivity index (χ4n) is 1.75. The average molecular weight is 243 g/mol. The Morgan fingerprint density at radius 1 is 1.17 bits per heavy atom. The second-order valence-electron chi connectivity index (χ2n) is 4.56. The van der Waals surface area contributed by atoms with Crippen LogP contribution >= 0.6 is 0 Å². The molecule has 0 atom stereocenters. The van der Waals surface area contributed by atoms with Crippen molar-refractivity contribution in [3.8, 4) is 0 Å². The van der Waals surface area contributed by atoms with Gasteiger partial charge >= 0.3 is 6.09 Å². The number of alkyl carbamates (subject to hydrolysis) is 1. The number of benzene rings is 2. The molecule has 0 aliphatic heterocycles. The number of nitrogens with one attached hydrogen (secondary N) is 1. The Kier molecular flexibility index (Phi) is 3.82. The van der Waals surface area contributed by atoms with E-state index in [1.165, 1.54) is 5.39 Å². The summed E-state index contributed by atoms with van der Waals surface area (Å²) in [6.45, 7) is 4.10. The zero-order chi connectivity index (χ0) is 13.0. The van der Waals surface area contributed by atoms with Gasteiger partial charge in [0.15, 0.2) is 0 Å². The summed E-state index contributed by atoms with van der Waals surface area (Å²) in [7, 11) is 0. The molecular weight excluding hydrogens is 226 g/mol. The summed E-state index contributed by atoms with van der Waals surface area (Å²) in [5.41, 5.74) is 0.993. The van der Waals surface area contributed by atoms with Crippen LogP contribution in [0.3, 0.4) is 0 Å². The number of hydrogen-bond acceptors (Lipinski definition) is 2. The molecule has 2 aromatic rings. The second kappa shape index (κ2) is 5.54. The van der Waals surface area contributed by atoms with Crippen LogP contribution in [0.1, 0.15) is 19.4 Å². The maximum Gasteiger partial charge on any atom is 0.407 e. The summed E-state index contributed by atoms with van der Waals surface area (Å²) >= 11 is 0. The fraction of sp³-hybridized carbons (Fsp3) is 0.267. The number of fused-ring (bicyclic) bond motifs is 1. The van der Waals surface area contributed by atoms with Crippen LogP contribution in [0, 0.1) is 0 Å². The van der Waals surface area contributed by atoms with E-state index < -0.39 is 0 Å². The first kappa shape index (κ1) is 12.4. The summed E-state index contributed by atoms with van der Waals surface area (Å²) in [6.07, 6.45) is -0.377. The van der Waals surface area contributed by atoms with E-state index in [9.17, 15) is 4.79 Å². The molecule has 0 heterocycles. The Labute approximate surface area is 107 Å². The number of rotatable bonds is 3. The molecule has 94 valence electrons.